The number of hydrogen-bond acceptors (Lipinski definition) is 4. The standard InChI is InChI=1S/C18H17N3OS/c1-12-5-3-7-15(9-12)20-18-21-17(11-23-18)14-6-4-8-16(10-14)19-13(2)22/h3-11H,1-2H3,(H,19,22)(H,20,21). The summed E-state index contributed by atoms with van der Waals surface area (Å²) in [6.45, 7) is 3.56. The molecule has 1 aromatic heterocycles. The monoisotopic (exact) mass is 323 g/mol. The number of amides is 1. The van der Waals surface area contributed by atoms with Crippen molar-refractivity contribution in [2.24, 2.45) is 0 Å². The number of carbonyl (C=O) groups is 1. The Morgan fingerprint density at radius 1 is 1.09 bits per heavy atom. The fourth-order valence-corrected chi connectivity index (χ4v) is 3.01. The molecule has 23 heavy (non-hydrogen) atoms. The van der Waals surface area contributed by atoms with E-state index in [9.17, 15) is 4.79 Å². The quantitative estimate of drug-likeness (QED) is 0.723. The molecule has 2 N–H and O–H groups in total. The van der Waals surface area contributed by atoms with E-state index in [0.29, 0.717) is 0 Å². The maximum absolute atomic E-state index is 11.2. The summed E-state index contributed by atoms with van der Waals surface area (Å²) in [7, 11) is 0. The van der Waals surface area contributed by atoms with E-state index in [1.165, 1.54) is 12.5 Å². The van der Waals surface area contributed by atoms with E-state index in [4.69, 9.17) is 0 Å². The lowest BCUT2D eigenvalue weighted by molar-refractivity contribution is -0.114. The fraction of sp³-hybridized carbons (Fsp3) is 0.111. The van der Waals surface area contributed by atoms with Crippen LogP contribution < -0.4 is 10.6 Å². The molecule has 4 nitrogen and oxygen atoms in total. The predicted octanol–water partition coefficient (Wildman–Crippen LogP) is 4.82. The van der Waals surface area contributed by atoms with Crippen LogP contribution in [-0.2, 0) is 4.79 Å². The third kappa shape index (κ3) is 3.96. The summed E-state index contributed by atoms with van der Waals surface area (Å²) in [4.78, 5) is 15.8. The van der Waals surface area contributed by atoms with Gasteiger partial charge in [-0.3, -0.25) is 4.79 Å². The largest absolute Gasteiger partial charge is 0.332 e. The van der Waals surface area contributed by atoms with Crippen LogP contribution in [0.25, 0.3) is 11.3 Å². The number of nitrogens with zero attached hydrogens (tertiary/aromatic N) is 1. The van der Waals surface area contributed by atoms with E-state index in [1.54, 1.807) is 11.3 Å². The van der Waals surface area contributed by atoms with Crippen molar-refractivity contribution < 1.29 is 4.79 Å². The minimum Gasteiger partial charge on any atom is -0.332 e. The SMILES string of the molecule is CC(=O)Nc1cccc(-c2csc(Nc3cccc(C)c3)n2)c1. The van der Waals surface area contributed by atoms with Gasteiger partial charge in [0.15, 0.2) is 5.13 Å². The number of hydrogen-bond donors (Lipinski definition) is 2. The number of nitrogens with one attached hydrogen (secondary N) is 2. The van der Waals surface area contributed by atoms with Gasteiger partial charge in [-0.05, 0) is 36.8 Å². The van der Waals surface area contributed by atoms with E-state index < -0.39 is 0 Å². The lowest BCUT2D eigenvalue weighted by Gasteiger charge is -2.04. The number of thiazole rings is 1. The molecule has 0 saturated heterocycles. The van der Waals surface area contributed by atoms with Crippen LogP contribution in [0.5, 0.6) is 0 Å². The second-order valence-corrected chi connectivity index (χ2v) is 6.15. The van der Waals surface area contributed by atoms with Crippen molar-refractivity contribution in [3.8, 4) is 11.3 Å². The van der Waals surface area contributed by atoms with Crippen molar-refractivity contribution >= 4 is 33.8 Å². The summed E-state index contributed by atoms with van der Waals surface area (Å²) in [5.41, 5.74) is 4.87. The summed E-state index contributed by atoms with van der Waals surface area (Å²) in [6.07, 6.45) is 0. The Morgan fingerprint density at radius 2 is 1.87 bits per heavy atom. The average molecular weight is 323 g/mol. The first-order chi connectivity index (χ1) is 11.1. The van der Waals surface area contributed by atoms with E-state index in [-0.39, 0.29) is 5.91 Å². The van der Waals surface area contributed by atoms with Crippen molar-refractivity contribution in [1.29, 1.82) is 0 Å². The van der Waals surface area contributed by atoms with Gasteiger partial charge in [-0.15, -0.1) is 11.3 Å². The van der Waals surface area contributed by atoms with Crippen LogP contribution >= 0.6 is 11.3 Å². The van der Waals surface area contributed by atoms with Gasteiger partial charge in [0.05, 0.1) is 5.69 Å². The number of benzene rings is 2. The molecule has 0 saturated carbocycles. The van der Waals surface area contributed by atoms with Crippen LogP contribution in [0.2, 0.25) is 0 Å². The summed E-state index contributed by atoms with van der Waals surface area (Å²) >= 11 is 1.56. The zero-order valence-electron chi connectivity index (χ0n) is 13.0. The Balaban J connectivity index is 1.80. The average Bonchev–Trinajstić information content (AvgIpc) is 2.95. The molecule has 0 atom stereocenters. The summed E-state index contributed by atoms with van der Waals surface area (Å²) in [6, 6.07) is 15.9. The van der Waals surface area contributed by atoms with E-state index in [1.807, 2.05) is 41.8 Å². The molecule has 0 aliphatic rings. The van der Waals surface area contributed by atoms with Gasteiger partial charge < -0.3 is 10.6 Å². The molecule has 0 radical (unpaired) electrons. The van der Waals surface area contributed by atoms with Crippen molar-refractivity contribution in [3.63, 3.8) is 0 Å². The van der Waals surface area contributed by atoms with Gasteiger partial charge >= 0.3 is 0 Å². The summed E-state index contributed by atoms with van der Waals surface area (Å²) in [5, 5.41) is 8.96. The highest BCUT2D eigenvalue weighted by atomic mass is 32.1. The Bertz CT molecular complexity index is 842. The third-order valence-electron chi connectivity index (χ3n) is 3.25. The molecule has 0 fully saturated rings. The number of rotatable bonds is 4. The highest BCUT2D eigenvalue weighted by molar-refractivity contribution is 7.14. The topological polar surface area (TPSA) is 54.0 Å². The van der Waals surface area contributed by atoms with Crippen LogP contribution in [0.4, 0.5) is 16.5 Å². The van der Waals surface area contributed by atoms with Gasteiger partial charge in [0.1, 0.15) is 0 Å². The molecule has 2 aromatic carbocycles. The Morgan fingerprint density at radius 3 is 2.65 bits per heavy atom. The highest BCUT2D eigenvalue weighted by Crippen LogP contribution is 2.28. The predicted molar refractivity (Wildman–Crippen MR) is 96.3 cm³/mol. The van der Waals surface area contributed by atoms with Gasteiger partial charge in [0.2, 0.25) is 5.91 Å². The second-order valence-electron chi connectivity index (χ2n) is 5.29. The normalized spacial score (nSPS) is 10.3. The van der Waals surface area contributed by atoms with E-state index in [2.05, 4.69) is 34.7 Å². The Kier molecular flexibility index (Phi) is 4.39. The number of carbonyl (C=O) groups excluding carboxylic acids is 1. The molecule has 0 spiro atoms. The van der Waals surface area contributed by atoms with Crippen LogP contribution in [0, 0.1) is 6.92 Å². The van der Waals surface area contributed by atoms with Crippen LogP contribution in [0.15, 0.2) is 53.9 Å². The first-order valence-corrected chi connectivity index (χ1v) is 8.15. The Hall–Kier alpha value is -2.66. The van der Waals surface area contributed by atoms with Crippen molar-refractivity contribution in [2.45, 2.75) is 13.8 Å². The molecule has 3 rings (SSSR count). The molecule has 5 heteroatoms. The number of anilines is 3. The first-order valence-electron chi connectivity index (χ1n) is 7.27. The molecule has 116 valence electrons. The van der Waals surface area contributed by atoms with E-state index in [0.717, 1.165) is 27.8 Å². The smallest absolute Gasteiger partial charge is 0.221 e. The molecule has 0 aliphatic heterocycles. The lowest BCUT2D eigenvalue weighted by atomic mass is 10.1. The zero-order valence-corrected chi connectivity index (χ0v) is 13.8. The van der Waals surface area contributed by atoms with E-state index >= 15 is 0 Å². The fourth-order valence-electron chi connectivity index (χ4n) is 2.27. The zero-order chi connectivity index (χ0) is 16.2. The minimum atomic E-state index is -0.0813. The van der Waals surface area contributed by atoms with Gasteiger partial charge in [-0.2, -0.15) is 0 Å². The van der Waals surface area contributed by atoms with Crippen LogP contribution in [0.3, 0.4) is 0 Å². The lowest BCUT2D eigenvalue weighted by Crippen LogP contribution is -2.05. The third-order valence-corrected chi connectivity index (χ3v) is 4.01. The second kappa shape index (κ2) is 6.62. The summed E-state index contributed by atoms with van der Waals surface area (Å²) in [5.74, 6) is -0.0813. The van der Waals surface area contributed by atoms with Crippen LogP contribution in [-0.4, -0.2) is 10.9 Å². The van der Waals surface area contributed by atoms with Crippen molar-refractivity contribution in [1.82, 2.24) is 4.98 Å². The molecular formula is C18H17N3OS. The maximum atomic E-state index is 11.2. The van der Waals surface area contributed by atoms with Gasteiger partial charge in [-0.25, -0.2) is 4.98 Å². The molecule has 0 unspecified atom stereocenters. The molecule has 1 amide bonds. The van der Waals surface area contributed by atoms with Gasteiger partial charge in [-0.1, -0.05) is 24.3 Å². The van der Waals surface area contributed by atoms with Crippen molar-refractivity contribution in [2.75, 3.05) is 10.6 Å². The molecule has 3 aromatic rings. The van der Waals surface area contributed by atoms with Gasteiger partial charge in [0.25, 0.3) is 0 Å². The van der Waals surface area contributed by atoms with Gasteiger partial charge in [0, 0.05) is 29.2 Å². The van der Waals surface area contributed by atoms with Crippen molar-refractivity contribution in [3.05, 3.63) is 59.5 Å². The first kappa shape index (κ1) is 15.2. The Labute approximate surface area is 139 Å². The minimum absolute atomic E-state index is 0.0813. The number of aromatic nitrogens is 1. The maximum Gasteiger partial charge on any atom is 0.221 e. The molecular weight excluding hydrogens is 306 g/mol. The van der Waals surface area contributed by atoms with Crippen LogP contribution in [0.1, 0.15) is 12.5 Å². The molecule has 0 bridgehead atoms. The summed E-state index contributed by atoms with van der Waals surface area (Å²) < 4.78 is 0. The highest BCUT2D eigenvalue weighted by Gasteiger charge is 2.06. The molecule has 0 aliphatic carbocycles. The number of aryl methyl sites for hydroxylation is 1. The molecule has 1 heterocycles.